The molecule has 1 aliphatic heterocycles. The van der Waals surface area contributed by atoms with Crippen LogP contribution in [0.1, 0.15) is 18.5 Å². The van der Waals surface area contributed by atoms with Crippen molar-refractivity contribution < 1.29 is 32.7 Å². The molecule has 5 nitrogen and oxygen atoms in total. The van der Waals surface area contributed by atoms with Crippen molar-refractivity contribution in [2.75, 3.05) is 24.2 Å². The van der Waals surface area contributed by atoms with Crippen LogP contribution in [-0.4, -0.2) is 34.5 Å². The molecule has 1 radical (unpaired) electrons. The summed E-state index contributed by atoms with van der Waals surface area (Å²) < 4.78 is 0. The van der Waals surface area contributed by atoms with Gasteiger partial charge in [0.2, 0.25) is 10.9 Å². The molecule has 0 amide bonds. The Labute approximate surface area is 148 Å². The Morgan fingerprint density at radius 2 is 2.25 bits per heavy atom. The molecule has 0 unspecified atom stereocenters. The Bertz CT molecular complexity index is 552. The second-order valence-corrected chi connectivity index (χ2v) is 4.71. The standard InChI is InChI=1S/C13H13N5S.Y/c1-3-10-5-4-7-18(8-6-10)12-11(9-14)16-17-13(15-12)19-2;/h1,3H,4,6-8H2,2H3;/q-2;. The minimum Gasteiger partial charge on any atom is -0.394 e. The minimum atomic E-state index is 0. The molecule has 101 valence electrons. The summed E-state index contributed by atoms with van der Waals surface area (Å²) in [7, 11) is 0. The van der Waals surface area contributed by atoms with Crippen molar-refractivity contribution >= 4 is 17.6 Å². The van der Waals surface area contributed by atoms with Gasteiger partial charge in [-0.2, -0.15) is 5.26 Å². The van der Waals surface area contributed by atoms with Gasteiger partial charge in [-0.25, -0.2) is 4.98 Å². The van der Waals surface area contributed by atoms with Crippen LogP contribution in [0.4, 0.5) is 5.82 Å². The van der Waals surface area contributed by atoms with Crippen LogP contribution in [-0.2, 0) is 32.7 Å². The number of nitriles is 1. The van der Waals surface area contributed by atoms with Crippen LogP contribution in [0.25, 0.3) is 0 Å². The van der Waals surface area contributed by atoms with Gasteiger partial charge in [-0.1, -0.05) is 11.8 Å². The molecule has 0 aliphatic carbocycles. The van der Waals surface area contributed by atoms with Gasteiger partial charge in [0.1, 0.15) is 6.07 Å². The first kappa shape index (κ1) is 17.3. The van der Waals surface area contributed by atoms with Crippen molar-refractivity contribution in [1.29, 1.82) is 5.26 Å². The fourth-order valence-corrected chi connectivity index (χ4v) is 2.14. The molecule has 2 heterocycles. The van der Waals surface area contributed by atoms with E-state index in [1.165, 1.54) is 11.8 Å². The number of hydrogen-bond donors (Lipinski definition) is 0. The molecule has 0 fully saturated rings. The zero-order chi connectivity index (χ0) is 13.7. The Hall–Kier alpha value is -0.766. The van der Waals surface area contributed by atoms with E-state index in [-0.39, 0.29) is 38.4 Å². The van der Waals surface area contributed by atoms with Crippen molar-refractivity contribution in [2.45, 2.75) is 18.0 Å². The van der Waals surface area contributed by atoms with Crippen molar-refractivity contribution in [3.8, 4) is 6.07 Å². The van der Waals surface area contributed by atoms with Crippen molar-refractivity contribution in [1.82, 2.24) is 15.2 Å². The fourth-order valence-electron chi connectivity index (χ4n) is 1.84. The second kappa shape index (κ2) is 8.51. The third-order valence-corrected chi connectivity index (χ3v) is 3.36. The quantitative estimate of drug-likeness (QED) is 0.605. The van der Waals surface area contributed by atoms with Crippen LogP contribution in [0.3, 0.4) is 0 Å². The maximum absolute atomic E-state index is 9.11. The van der Waals surface area contributed by atoms with E-state index in [1.54, 1.807) is 6.08 Å². The minimum absolute atomic E-state index is 0. The molecule has 7 heteroatoms. The molecule has 0 spiro atoms. The number of aromatic nitrogens is 3. The largest absolute Gasteiger partial charge is 0.394 e. The molecule has 2 rings (SSSR count). The summed E-state index contributed by atoms with van der Waals surface area (Å²) in [5.74, 6) is 0.599. The second-order valence-electron chi connectivity index (χ2n) is 3.94. The first-order valence-corrected chi connectivity index (χ1v) is 7.09. The summed E-state index contributed by atoms with van der Waals surface area (Å²) in [6.45, 7) is 7.02. The molecule has 0 atom stereocenters. The molecule has 20 heavy (non-hydrogen) atoms. The SMILES string of the molecule is [CH-]=CC1=[C-]CCN(c2nc(SC)nnc2C#N)CC1.[Y]. The van der Waals surface area contributed by atoms with Gasteiger partial charge in [0.05, 0.1) is 0 Å². The average molecular weight is 360 g/mol. The fraction of sp³-hybridized carbons (Fsp3) is 0.385. The molecule has 0 N–H and O–H groups in total. The van der Waals surface area contributed by atoms with Crippen molar-refractivity contribution in [3.63, 3.8) is 0 Å². The van der Waals surface area contributed by atoms with Gasteiger partial charge < -0.3 is 29.2 Å². The van der Waals surface area contributed by atoms with Gasteiger partial charge in [-0.15, -0.1) is 23.0 Å². The Morgan fingerprint density at radius 3 is 2.90 bits per heavy atom. The number of rotatable bonds is 3. The number of nitrogens with zero attached hydrogens (tertiary/aromatic N) is 5. The molecular formula is C13H13N5SY-2. The number of allylic oxidation sites excluding steroid dienone is 1. The third kappa shape index (κ3) is 4.11. The topological polar surface area (TPSA) is 65.7 Å². The van der Waals surface area contributed by atoms with Crippen LogP contribution in [0.5, 0.6) is 0 Å². The first-order chi connectivity index (χ1) is 9.28. The number of thioether (sulfide) groups is 1. The molecule has 0 saturated carbocycles. The summed E-state index contributed by atoms with van der Waals surface area (Å²) in [5.41, 5.74) is 1.27. The summed E-state index contributed by atoms with van der Waals surface area (Å²) >= 11 is 1.41. The molecular weight excluding hydrogens is 347 g/mol. The molecule has 1 aromatic heterocycles. The van der Waals surface area contributed by atoms with Gasteiger partial charge >= 0.3 is 0 Å². The number of hydrogen-bond acceptors (Lipinski definition) is 6. The van der Waals surface area contributed by atoms with Crippen LogP contribution in [0.2, 0.25) is 0 Å². The first-order valence-electron chi connectivity index (χ1n) is 5.87. The van der Waals surface area contributed by atoms with Crippen LogP contribution < -0.4 is 4.90 Å². The predicted octanol–water partition coefficient (Wildman–Crippen LogP) is 1.78. The van der Waals surface area contributed by atoms with E-state index < -0.39 is 0 Å². The zero-order valence-corrected chi connectivity index (χ0v) is 14.9. The smallest absolute Gasteiger partial charge is 0.210 e. The van der Waals surface area contributed by atoms with Crippen molar-refractivity contribution in [3.05, 3.63) is 30.0 Å². The van der Waals surface area contributed by atoms with Crippen LogP contribution >= 0.6 is 11.8 Å². The Kier molecular flexibility index (Phi) is 7.35. The maximum atomic E-state index is 9.11. The normalized spacial score (nSPS) is 14.6. The monoisotopic (exact) mass is 360 g/mol. The Morgan fingerprint density at radius 1 is 1.45 bits per heavy atom. The summed E-state index contributed by atoms with van der Waals surface area (Å²) in [6, 6.07) is 2.04. The zero-order valence-electron chi connectivity index (χ0n) is 11.2. The van der Waals surface area contributed by atoms with E-state index in [0.717, 1.165) is 31.5 Å². The molecule has 0 aromatic carbocycles. The van der Waals surface area contributed by atoms with E-state index in [2.05, 4.69) is 21.3 Å². The van der Waals surface area contributed by atoms with Gasteiger partial charge in [0, 0.05) is 45.8 Å². The predicted molar refractivity (Wildman–Crippen MR) is 73.4 cm³/mol. The summed E-state index contributed by atoms with van der Waals surface area (Å²) in [4.78, 5) is 6.43. The van der Waals surface area contributed by atoms with Crippen LogP contribution in [0, 0.1) is 24.0 Å². The van der Waals surface area contributed by atoms with E-state index in [9.17, 15) is 0 Å². The molecule has 1 aliphatic rings. The van der Waals surface area contributed by atoms with Crippen molar-refractivity contribution in [2.24, 2.45) is 0 Å². The maximum Gasteiger partial charge on any atom is 0.210 e. The van der Waals surface area contributed by atoms with Gasteiger partial charge in [-0.3, -0.25) is 0 Å². The summed E-state index contributed by atoms with van der Waals surface area (Å²) in [5, 5.41) is 17.5. The van der Waals surface area contributed by atoms with Gasteiger partial charge in [-0.05, 0) is 6.26 Å². The van der Waals surface area contributed by atoms with E-state index in [1.807, 2.05) is 17.2 Å². The van der Waals surface area contributed by atoms with Gasteiger partial charge in [0.15, 0.2) is 5.82 Å². The molecule has 1 aromatic rings. The van der Waals surface area contributed by atoms with Gasteiger partial charge in [0.25, 0.3) is 0 Å². The van der Waals surface area contributed by atoms with E-state index in [4.69, 9.17) is 11.8 Å². The van der Waals surface area contributed by atoms with E-state index >= 15 is 0 Å². The third-order valence-electron chi connectivity index (χ3n) is 2.82. The van der Waals surface area contributed by atoms with Crippen LogP contribution in [0.15, 0.2) is 16.8 Å². The average Bonchev–Trinajstić information content (AvgIpc) is 2.71. The van der Waals surface area contributed by atoms with E-state index in [0.29, 0.717) is 11.0 Å². The number of anilines is 1. The Balaban J connectivity index is 0.00000200. The summed E-state index contributed by atoms with van der Waals surface area (Å²) in [6.07, 6.45) is 8.25. The molecule has 0 saturated heterocycles. The molecule has 0 bridgehead atoms.